The zero-order valence-corrected chi connectivity index (χ0v) is 10.4. The van der Waals surface area contributed by atoms with Gasteiger partial charge in [0, 0.05) is 5.02 Å². The molecule has 0 amide bonds. The average Bonchev–Trinajstić information content (AvgIpc) is 2.38. The molecule has 1 heterocycles. The normalized spacial score (nSPS) is 11.2. The maximum Gasteiger partial charge on any atom is 0.419 e. The van der Waals surface area contributed by atoms with E-state index in [0.717, 1.165) is 0 Å². The molecule has 1 aromatic carbocycles. The van der Waals surface area contributed by atoms with Gasteiger partial charge >= 0.3 is 6.18 Å². The van der Waals surface area contributed by atoms with Gasteiger partial charge in [0.05, 0.1) is 17.4 Å². The number of rotatable bonds is 1. The van der Waals surface area contributed by atoms with Crippen molar-refractivity contribution >= 4 is 11.6 Å². The van der Waals surface area contributed by atoms with E-state index in [1.54, 1.807) is 0 Å². The summed E-state index contributed by atoms with van der Waals surface area (Å²) in [6, 6.07) is 6.99. The van der Waals surface area contributed by atoms with Gasteiger partial charge in [0.25, 0.3) is 5.56 Å². The summed E-state index contributed by atoms with van der Waals surface area (Å²) < 4.78 is 38.6. The molecule has 102 valence electrons. The van der Waals surface area contributed by atoms with Crippen molar-refractivity contribution in [1.29, 1.82) is 5.26 Å². The average molecular weight is 300 g/mol. The summed E-state index contributed by atoms with van der Waals surface area (Å²) in [5, 5.41) is 12.6. The predicted octanol–water partition coefficient (Wildman–Crippen LogP) is 2.78. The summed E-state index contributed by atoms with van der Waals surface area (Å²) >= 11 is 5.67. The van der Waals surface area contributed by atoms with E-state index in [-0.39, 0.29) is 5.69 Å². The van der Waals surface area contributed by atoms with Crippen LogP contribution in [0.3, 0.4) is 0 Å². The van der Waals surface area contributed by atoms with Crippen LogP contribution < -0.4 is 5.56 Å². The van der Waals surface area contributed by atoms with E-state index >= 15 is 0 Å². The van der Waals surface area contributed by atoms with E-state index < -0.39 is 22.9 Å². The summed E-state index contributed by atoms with van der Waals surface area (Å²) in [6.07, 6.45) is -4.36. The van der Waals surface area contributed by atoms with Crippen LogP contribution in [0.1, 0.15) is 11.1 Å². The van der Waals surface area contributed by atoms with Crippen LogP contribution in [-0.2, 0) is 6.18 Å². The Balaban J connectivity index is 2.68. The van der Waals surface area contributed by atoms with Gasteiger partial charge in [-0.3, -0.25) is 4.79 Å². The highest BCUT2D eigenvalue weighted by molar-refractivity contribution is 6.30. The third-order valence-electron chi connectivity index (χ3n) is 2.47. The molecule has 0 N–H and O–H groups in total. The van der Waals surface area contributed by atoms with Gasteiger partial charge in [-0.1, -0.05) is 11.6 Å². The van der Waals surface area contributed by atoms with Crippen molar-refractivity contribution < 1.29 is 13.2 Å². The molecule has 0 saturated carbocycles. The van der Waals surface area contributed by atoms with Crippen LogP contribution in [-0.4, -0.2) is 9.78 Å². The van der Waals surface area contributed by atoms with Crippen molar-refractivity contribution in [1.82, 2.24) is 9.78 Å². The van der Waals surface area contributed by atoms with Crippen LogP contribution in [0.2, 0.25) is 5.02 Å². The minimum atomic E-state index is -4.81. The second-order valence-electron chi connectivity index (χ2n) is 3.74. The molecular weight excluding hydrogens is 295 g/mol. The van der Waals surface area contributed by atoms with Crippen molar-refractivity contribution in [2.24, 2.45) is 0 Å². The number of nitrogens with zero attached hydrogens (tertiary/aromatic N) is 3. The first kappa shape index (κ1) is 14.1. The summed E-state index contributed by atoms with van der Waals surface area (Å²) in [7, 11) is 0. The molecule has 2 aromatic rings. The van der Waals surface area contributed by atoms with E-state index in [0.29, 0.717) is 15.9 Å². The van der Waals surface area contributed by atoms with Gasteiger partial charge in [-0.05, 0) is 24.3 Å². The van der Waals surface area contributed by atoms with Gasteiger partial charge in [0.15, 0.2) is 0 Å². The van der Waals surface area contributed by atoms with Gasteiger partial charge in [0.2, 0.25) is 0 Å². The molecule has 4 nitrogen and oxygen atoms in total. The van der Waals surface area contributed by atoms with Gasteiger partial charge in [0.1, 0.15) is 11.6 Å². The Hall–Kier alpha value is -2.33. The highest BCUT2D eigenvalue weighted by Crippen LogP contribution is 2.29. The Kier molecular flexibility index (Phi) is 3.51. The van der Waals surface area contributed by atoms with Crippen LogP contribution in [0.15, 0.2) is 35.3 Å². The fourth-order valence-electron chi connectivity index (χ4n) is 1.54. The Morgan fingerprint density at radius 1 is 1.25 bits per heavy atom. The van der Waals surface area contributed by atoms with Gasteiger partial charge in [-0.15, -0.1) is 0 Å². The van der Waals surface area contributed by atoms with Crippen molar-refractivity contribution in [2.45, 2.75) is 6.18 Å². The molecule has 0 aliphatic heterocycles. The Bertz CT molecular complexity index is 745. The first-order valence-corrected chi connectivity index (χ1v) is 5.58. The summed E-state index contributed by atoms with van der Waals surface area (Å²) in [5.41, 5.74) is -3.27. The topological polar surface area (TPSA) is 58.7 Å². The number of nitriles is 1. The number of hydrogen-bond acceptors (Lipinski definition) is 3. The highest BCUT2D eigenvalue weighted by Gasteiger charge is 2.36. The second-order valence-corrected chi connectivity index (χ2v) is 4.17. The molecule has 0 radical (unpaired) electrons. The van der Waals surface area contributed by atoms with Crippen molar-refractivity contribution in [3.8, 4) is 11.8 Å². The summed E-state index contributed by atoms with van der Waals surface area (Å²) in [5.74, 6) is 0. The first-order valence-electron chi connectivity index (χ1n) is 5.20. The van der Waals surface area contributed by atoms with Crippen LogP contribution in [0.25, 0.3) is 5.69 Å². The molecular formula is C12H5ClF3N3O. The Labute approximate surface area is 115 Å². The highest BCUT2D eigenvalue weighted by atomic mass is 35.5. The van der Waals surface area contributed by atoms with Gasteiger partial charge < -0.3 is 0 Å². The van der Waals surface area contributed by atoms with Crippen molar-refractivity contribution in [3.63, 3.8) is 0 Å². The molecule has 1 aromatic heterocycles. The quantitative estimate of drug-likeness (QED) is 0.813. The number of alkyl halides is 3. The lowest BCUT2D eigenvalue weighted by Crippen LogP contribution is -2.27. The smallest absolute Gasteiger partial charge is 0.266 e. The molecule has 0 fully saturated rings. The lowest BCUT2D eigenvalue weighted by atomic mass is 10.1. The lowest BCUT2D eigenvalue weighted by molar-refractivity contribution is -0.138. The van der Waals surface area contributed by atoms with E-state index in [2.05, 4.69) is 5.10 Å². The zero-order valence-electron chi connectivity index (χ0n) is 9.65. The molecule has 20 heavy (non-hydrogen) atoms. The number of benzene rings is 1. The predicted molar refractivity (Wildman–Crippen MR) is 64.6 cm³/mol. The Morgan fingerprint density at radius 3 is 2.35 bits per heavy atom. The standard InChI is InChI=1S/C12H5ClF3N3O/c13-7-1-3-8(4-2-7)19-11(20)9(5-17)10(6-18-19)12(14,15)16/h1-4,6H. The molecule has 8 heteroatoms. The Morgan fingerprint density at radius 2 is 1.85 bits per heavy atom. The van der Waals surface area contributed by atoms with E-state index in [1.807, 2.05) is 0 Å². The van der Waals surface area contributed by atoms with Gasteiger partial charge in [-0.2, -0.15) is 28.2 Å². The molecule has 0 saturated heterocycles. The third-order valence-corrected chi connectivity index (χ3v) is 2.72. The van der Waals surface area contributed by atoms with Crippen LogP contribution in [0.5, 0.6) is 0 Å². The van der Waals surface area contributed by atoms with E-state index in [1.165, 1.54) is 30.3 Å². The maximum absolute atomic E-state index is 12.6. The van der Waals surface area contributed by atoms with Crippen LogP contribution in [0, 0.1) is 11.3 Å². The largest absolute Gasteiger partial charge is 0.419 e. The minimum absolute atomic E-state index is 0.213. The van der Waals surface area contributed by atoms with Crippen molar-refractivity contribution in [2.75, 3.05) is 0 Å². The summed E-state index contributed by atoms with van der Waals surface area (Å²) in [4.78, 5) is 11.9. The fraction of sp³-hybridized carbons (Fsp3) is 0.0833. The fourth-order valence-corrected chi connectivity index (χ4v) is 1.67. The molecule has 0 spiro atoms. The SMILES string of the molecule is N#Cc1c(C(F)(F)F)cnn(-c2ccc(Cl)cc2)c1=O. The molecule has 0 atom stereocenters. The van der Waals surface area contributed by atoms with Crippen LogP contribution >= 0.6 is 11.6 Å². The molecule has 0 aliphatic rings. The van der Waals surface area contributed by atoms with E-state index in [9.17, 15) is 18.0 Å². The number of halogens is 4. The molecule has 0 unspecified atom stereocenters. The van der Waals surface area contributed by atoms with E-state index in [4.69, 9.17) is 16.9 Å². The van der Waals surface area contributed by atoms with Crippen LogP contribution in [0.4, 0.5) is 13.2 Å². The summed E-state index contributed by atoms with van der Waals surface area (Å²) in [6.45, 7) is 0. The zero-order chi connectivity index (χ0) is 14.9. The minimum Gasteiger partial charge on any atom is -0.266 e. The maximum atomic E-state index is 12.6. The first-order chi connectivity index (χ1) is 9.34. The number of aromatic nitrogens is 2. The molecule has 0 bridgehead atoms. The third kappa shape index (κ3) is 2.51. The number of hydrogen-bond donors (Lipinski definition) is 0. The lowest BCUT2D eigenvalue weighted by Gasteiger charge is -2.10. The molecule has 2 rings (SSSR count). The van der Waals surface area contributed by atoms with Gasteiger partial charge in [-0.25, -0.2) is 0 Å². The second kappa shape index (κ2) is 4.98. The van der Waals surface area contributed by atoms with Crippen molar-refractivity contribution in [3.05, 3.63) is 57.0 Å². The monoisotopic (exact) mass is 299 g/mol. The molecule has 0 aliphatic carbocycles.